The molecule has 1 aromatic heterocycles. The van der Waals surface area contributed by atoms with Gasteiger partial charge in [-0.05, 0) is 12.1 Å². The third-order valence-electron chi connectivity index (χ3n) is 2.92. The Kier molecular flexibility index (Phi) is 7.22. The molecule has 5 nitrogen and oxygen atoms in total. The van der Waals surface area contributed by atoms with Crippen LogP contribution in [0.1, 0.15) is 15.5 Å². The molecule has 2 unspecified atom stereocenters. The fourth-order valence-electron chi connectivity index (χ4n) is 1.69. The maximum atomic E-state index is 12.0. The summed E-state index contributed by atoms with van der Waals surface area (Å²) in [7, 11) is 0. The summed E-state index contributed by atoms with van der Waals surface area (Å²) in [5, 5.41) is 12.0. The number of aromatic nitrogens is 1. The van der Waals surface area contributed by atoms with Gasteiger partial charge in [0, 0.05) is 16.9 Å². The van der Waals surface area contributed by atoms with Gasteiger partial charge in [0.05, 0.1) is 0 Å². The van der Waals surface area contributed by atoms with Crippen molar-refractivity contribution in [2.45, 2.75) is 18.8 Å². The first-order chi connectivity index (χ1) is 11.1. The topological polar surface area (TPSA) is 68.7 Å². The van der Waals surface area contributed by atoms with Gasteiger partial charge in [0.25, 0.3) is 0 Å². The second-order valence-electron chi connectivity index (χ2n) is 4.60. The van der Waals surface area contributed by atoms with Crippen LogP contribution in [0.3, 0.4) is 0 Å². The fraction of sp³-hybridized carbons (Fsp3) is 0.333. The average Bonchev–Trinajstić information content (AvgIpc) is 3.07. The van der Waals surface area contributed by atoms with Crippen LogP contribution in [-0.4, -0.2) is 39.8 Å². The molecule has 124 valence electrons. The molecule has 1 aromatic carbocycles. The number of thiol groups is 2. The molecule has 0 aliphatic heterocycles. The number of esters is 1. The van der Waals surface area contributed by atoms with E-state index >= 15 is 0 Å². The number of benzene rings is 1. The molecule has 2 aromatic rings. The number of nitrogens with zero attached hydrogens (tertiary/aromatic N) is 1. The van der Waals surface area contributed by atoms with E-state index in [0.29, 0.717) is 5.01 Å². The Morgan fingerprint density at radius 2 is 2.00 bits per heavy atom. The van der Waals surface area contributed by atoms with Crippen LogP contribution in [0, 0.1) is 0 Å². The zero-order valence-electron chi connectivity index (χ0n) is 12.2. The van der Waals surface area contributed by atoms with E-state index in [9.17, 15) is 9.90 Å². The Labute approximate surface area is 149 Å². The zero-order chi connectivity index (χ0) is 16.7. The van der Waals surface area contributed by atoms with Crippen LogP contribution in [-0.2, 0) is 11.3 Å². The molecule has 2 rings (SSSR count). The van der Waals surface area contributed by atoms with Crippen molar-refractivity contribution < 1.29 is 19.4 Å². The van der Waals surface area contributed by atoms with Crippen LogP contribution in [0.5, 0.6) is 5.75 Å². The maximum absolute atomic E-state index is 12.0. The number of ether oxygens (including phenoxy) is 2. The first kappa shape index (κ1) is 18.1. The molecule has 0 saturated heterocycles. The van der Waals surface area contributed by atoms with E-state index in [1.165, 1.54) is 11.3 Å². The second kappa shape index (κ2) is 9.17. The highest BCUT2D eigenvalue weighted by Crippen LogP contribution is 2.16. The van der Waals surface area contributed by atoms with Gasteiger partial charge < -0.3 is 14.6 Å². The standard InChI is InChI=1S/C15H17NO4S3/c17-12(7-21)13(8-22)20-15(18)11-9-23-14(16-11)6-19-10-4-2-1-3-5-10/h1-5,9,12-13,17,21-22H,6-8H2. The normalized spacial score (nSPS) is 13.3. The van der Waals surface area contributed by atoms with E-state index in [4.69, 9.17) is 9.47 Å². The minimum atomic E-state index is -0.862. The maximum Gasteiger partial charge on any atom is 0.358 e. The molecule has 0 spiro atoms. The summed E-state index contributed by atoms with van der Waals surface area (Å²) in [4.78, 5) is 16.2. The van der Waals surface area contributed by atoms with Gasteiger partial charge in [-0.1, -0.05) is 18.2 Å². The average molecular weight is 372 g/mol. The van der Waals surface area contributed by atoms with E-state index in [-0.39, 0.29) is 23.8 Å². The highest BCUT2D eigenvalue weighted by Gasteiger charge is 2.23. The van der Waals surface area contributed by atoms with E-state index in [1.807, 2.05) is 30.3 Å². The molecule has 1 heterocycles. The number of aliphatic hydroxyl groups is 1. The third kappa shape index (κ3) is 5.42. The van der Waals surface area contributed by atoms with Crippen molar-refractivity contribution in [2.24, 2.45) is 0 Å². The highest BCUT2D eigenvalue weighted by atomic mass is 32.1. The van der Waals surface area contributed by atoms with Crippen LogP contribution >= 0.6 is 36.6 Å². The molecule has 0 saturated carbocycles. The number of hydrogen-bond acceptors (Lipinski definition) is 8. The third-order valence-corrected chi connectivity index (χ3v) is 4.48. The molecule has 0 radical (unpaired) electrons. The Morgan fingerprint density at radius 1 is 1.26 bits per heavy atom. The minimum Gasteiger partial charge on any atom is -0.486 e. The lowest BCUT2D eigenvalue weighted by Gasteiger charge is -2.19. The lowest BCUT2D eigenvalue weighted by Crippen LogP contribution is -2.34. The summed E-state index contributed by atoms with van der Waals surface area (Å²) in [6.07, 6.45) is -1.58. The van der Waals surface area contributed by atoms with Crippen LogP contribution in [0.15, 0.2) is 35.7 Å². The number of carbonyl (C=O) groups excluding carboxylic acids is 1. The van der Waals surface area contributed by atoms with Crippen molar-refractivity contribution in [3.05, 3.63) is 46.4 Å². The molecule has 0 amide bonds. The Hall–Kier alpha value is -1.22. The van der Waals surface area contributed by atoms with Crippen molar-refractivity contribution in [2.75, 3.05) is 11.5 Å². The summed E-state index contributed by atoms with van der Waals surface area (Å²) in [6.45, 7) is 0.275. The van der Waals surface area contributed by atoms with Crippen molar-refractivity contribution in [1.82, 2.24) is 4.98 Å². The predicted molar refractivity (Wildman–Crippen MR) is 95.8 cm³/mol. The molecular weight excluding hydrogens is 354 g/mol. The van der Waals surface area contributed by atoms with Crippen LogP contribution in [0.4, 0.5) is 0 Å². The lowest BCUT2D eigenvalue weighted by atomic mass is 10.2. The smallest absolute Gasteiger partial charge is 0.358 e. The molecule has 1 N–H and O–H groups in total. The number of para-hydroxylation sites is 1. The summed E-state index contributed by atoms with van der Waals surface area (Å²) >= 11 is 9.36. The van der Waals surface area contributed by atoms with Crippen molar-refractivity contribution in [3.63, 3.8) is 0 Å². The molecule has 23 heavy (non-hydrogen) atoms. The number of rotatable bonds is 8. The predicted octanol–water partition coefficient (Wildman–Crippen LogP) is 2.47. The largest absolute Gasteiger partial charge is 0.486 e. The van der Waals surface area contributed by atoms with E-state index in [1.54, 1.807) is 5.38 Å². The van der Waals surface area contributed by atoms with E-state index in [2.05, 4.69) is 30.2 Å². The van der Waals surface area contributed by atoms with Gasteiger partial charge in [0.2, 0.25) is 0 Å². The molecule has 0 aliphatic rings. The lowest BCUT2D eigenvalue weighted by molar-refractivity contribution is -0.00171. The van der Waals surface area contributed by atoms with E-state index < -0.39 is 18.2 Å². The molecule has 0 fully saturated rings. The van der Waals surface area contributed by atoms with Crippen molar-refractivity contribution in [3.8, 4) is 5.75 Å². The highest BCUT2D eigenvalue weighted by molar-refractivity contribution is 7.80. The fourth-order valence-corrected chi connectivity index (χ4v) is 2.91. The van der Waals surface area contributed by atoms with Gasteiger partial charge in [-0.3, -0.25) is 0 Å². The van der Waals surface area contributed by atoms with Crippen LogP contribution < -0.4 is 4.74 Å². The van der Waals surface area contributed by atoms with E-state index in [0.717, 1.165) is 5.75 Å². The van der Waals surface area contributed by atoms with Gasteiger partial charge in [0.1, 0.15) is 29.6 Å². The molecule has 2 atom stereocenters. The zero-order valence-corrected chi connectivity index (χ0v) is 14.8. The first-order valence-electron chi connectivity index (χ1n) is 6.87. The van der Waals surface area contributed by atoms with Crippen LogP contribution in [0.25, 0.3) is 0 Å². The van der Waals surface area contributed by atoms with Crippen molar-refractivity contribution >= 4 is 42.6 Å². The number of thiazole rings is 1. The molecular formula is C15H17NO4S3. The number of carbonyl (C=O) groups is 1. The van der Waals surface area contributed by atoms with Gasteiger partial charge in [-0.25, -0.2) is 9.78 Å². The Balaban J connectivity index is 1.91. The first-order valence-corrected chi connectivity index (χ1v) is 9.01. The van der Waals surface area contributed by atoms with Crippen molar-refractivity contribution in [1.29, 1.82) is 0 Å². The second-order valence-corrected chi connectivity index (χ2v) is 6.28. The summed E-state index contributed by atoms with van der Waals surface area (Å²) in [5.41, 5.74) is 0.194. The monoisotopic (exact) mass is 371 g/mol. The van der Waals surface area contributed by atoms with Gasteiger partial charge in [0.15, 0.2) is 5.69 Å². The number of aliphatic hydroxyl groups excluding tert-OH is 1. The number of hydrogen-bond donors (Lipinski definition) is 3. The summed E-state index contributed by atoms with van der Waals surface area (Å²) in [5.74, 6) is 0.541. The van der Waals surface area contributed by atoms with Gasteiger partial charge in [-0.2, -0.15) is 25.3 Å². The SMILES string of the molecule is O=C(OC(CS)C(O)CS)c1csc(COc2ccccc2)n1. The molecule has 0 bridgehead atoms. The Morgan fingerprint density at radius 3 is 2.65 bits per heavy atom. The Bertz CT molecular complexity index is 620. The van der Waals surface area contributed by atoms with Crippen LogP contribution in [0.2, 0.25) is 0 Å². The van der Waals surface area contributed by atoms with Gasteiger partial charge in [-0.15, -0.1) is 11.3 Å². The summed E-state index contributed by atoms with van der Waals surface area (Å²) in [6, 6.07) is 9.36. The summed E-state index contributed by atoms with van der Waals surface area (Å²) < 4.78 is 10.8. The quantitative estimate of drug-likeness (QED) is 0.491. The minimum absolute atomic E-state index is 0.186. The molecule has 0 aliphatic carbocycles. The van der Waals surface area contributed by atoms with Gasteiger partial charge >= 0.3 is 5.97 Å². The molecule has 8 heteroatoms.